The zero-order valence-electron chi connectivity index (χ0n) is 25.1. The Kier molecular flexibility index (Phi) is 6.90. The van der Waals surface area contributed by atoms with Crippen LogP contribution in [0.2, 0.25) is 0 Å². The molecule has 0 spiro atoms. The highest BCUT2D eigenvalue weighted by Crippen LogP contribution is 2.44. The molecule has 7 rings (SSSR count). The zero-order chi connectivity index (χ0) is 30.4. The molecule has 5 aromatic carbocycles. The number of rotatable bonds is 7. The van der Waals surface area contributed by atoms with Crippen molar-refractivity contribution in [3.8, 4) is 0 Å². The van der Waals surface area contributed by atoms with E-state index in [0.29, 0.717) is 11.6 Å². The number of aliphatic hydroxyl groups excluding tert-OH is 1. The Morgan fingerprint density at radius 3 is 2.09 bits per heavy atom. The van der Waals surface area contributed by atoms with Gasteiger partial charge < -0.3 is 10.4 Å². The Morgan fingerprint density at radius 2 is 1.41 bits per heavy atom. The Labute approximate surface area is 258 Å². The lowest BCUT2D eigenvalue weighted by Crippen LogP contribution is -2.26. The molecule has 216 valence electrons. The number of aromatic nitrogens is 1. The van der Waals surface area contributed by atoms with E-state index in [2.05, 4.69) is 134 Å². The number of hydrogen-bond acceptors (Lipinski definition) is 3. The largest absolute Gasteiger partial charge is 0.506 e. The molecule has 0 radical (unpaired) electrons. The summed E-state index contributed by atoms with van der Waals surface area (Å²) in [6, 6.07) is 35.6. The quantitative estimate of drug-likeness (QED) is 0.113. The summed E-state index contributed by atoms with van der Waals surface area (Å²) in [5.41, 5.74) is 7.25. The lowest BCUT2D eigenvalue weighted by atomic mass is 9.89. The van der Waals surface area contributed by atoms with Gasteiger partial charge >= 0.3 is 0 Å². The second-order valence-corrected chi connectivity index (χ2v) is 11.8. The van der Waals surface area contributed by atoms with Crippen molar-refractivity contribution in [3.05, 3.63) is 151 Å². The second-order valence-electron chi connectivity index (χ2n) is 11.8. The molecule has 0 fully saturated rings. The normalized spacial score (nSPS) is 14.7. The van der Waals surface area contributed by atoms with Crippen LogP contribution in [0.25, 0.3) is 43.8 Å². The highest BCUT2D eigenvalue weighted by molar-refractivity contribution is 6.30. The maximum Gasteiger partial charge on any atom is 0.201 e. The maximum absolute atomic E-state index is 11.2. The van der Waals surface area contributed by atoms with E-state index in [0.717, 1.165) is 61.8 Å². The minimum Gasteiger partial charge on any atom is -0.506 e. The van der Waals surface area contributed by atoms with E-state index in [1.807, 2.05) is 18.2 Å². The van der Waals surface area contributed by atoms with Gasteiger partial charge in [0.25, 0.3) is 0 Å². The van der Waals surface area contributed by atoms with Gasteiger partial charge in [0.1, 0.15) is 5.76 Å². The van der Waals surface area contributed by atoms with Gasteiger partial charge in [-0.3, -0.25) is 4.57 Å². The SMILES string of the molecule is C=C(/C=C\CC(C)C)c1c(C(=C)O)n(C2N=C(c3ccccc3)c3c(c4ccccc4c4ccccc34)N2)c2ccccc12. The molecule has 2 N–H and O–H groups in total. The molecule has 1 aliphatic rings. The number of nitrogens with one attached hydrogen (secondary N) is 1. The summed E-state index contributed by atoms with van der Waals surface area (Å²) in [6.45, 7) is 12.9. The van der Waals surface area contributed by atoms with E-state index in [4.69, 9.17) is 4.99 Å². The summed E-state index contributed by atoms with van der Waals surface area (Å²) in [5, 5.41) is 20.7. The van der Waals surface area contributed by atoms with E-state index in [-0.39, 0.29) is 5.76 Å². The van der Waals surface area contributed by atoms with Crippen LogP contribution in [0.4, 0.5) is 5.69 Å². The van der Waals surface area contributed by atoms with Crippen LogP contribution in [0.3, 0.4) is 0 Å². The van der Waals surface area contributed by atoms with E-state index in [9.17, 15) is 5.11 Å². The fraction of sp³-hybridized carbons (Fsp3) is 0.125. The number of aliphatic hydroxyl groups is 1. The van der Waals surface area contributed by atoms with Gasteiger partial charge in [-0.1, -0.05) is 136 Å². The average molecular weight is 574 g/mol. The van der Waals surface area contributed by atoms with Crippen LogP contribution < -0.4 is 5.32 Å². The lowest BCUT2D eigenvalue weighted by molar-refractivity contribution is 0.494. The Balaban J connectivity index is 1.53. The number of allylic oxidation sites excluding steroid dienone is 3. The minimum absolute atomic E-state index is 0.0259. The smallest absolute Gasteiger partial charge is 0.201 e. The predicted octanol–water partition coefficient (Wildman–Crippen LogP) is 10.5. The molecule has 6 aromatic rings. The van der Waals surface area contributed by atoms with Crippen LogP contribution in [0, 0.1) is 5.92 Å². The van der Waals surface area contributed by atoms with Crippen molar-refractivity contribution in [2.75, 3.05) is 5.32 Å². The molecule has 1 aliphatic heterocycles. The molecule has 2 heterocycles. The maximum atomic E-state index is 11.2. The number of hydrogen-bond donors (Lipinski definition) is 2. The summed E-state index contributed by atoms with van der Waals surface area (Å²) < 4.78 is 2.07. The number of anilines is 1. The number of nitrogens with zero attached hydrogens (tertiary/aromatic N) is 2. The molecule has 1 unspecified atom stereocenters. The van der Waals surface area contributed by atoms with Crippen molar-refractivity contribution in [1.82, 2.24) is 4.57 Å². The highest BCUT2D eigenvalue weighted by atomic mass is 16.3. The third kappa shape index (κ3) is 4.51. The van der Waals surface area contributed by atoms with Crippen molar-refractivity contribution in [2.45, 2.75) is 26.6 Å². The fourth-order valence-corrected chi connectivity index (χ4v) is 6.51. The van der Waals surface area contributed by atoms with Crippen LogP contribution in [0.5, 0.6) is 0 Å². The predicted molar refractivity (Wildman–Crippen MR) is 187 cm³/mol. The molecule has 4 heteroatoms. The fourth-order valence-electron chi connectivity index (χ4n) is 6.51. The molecular weight excluding hydrogens is 538 g/mol. The molecule has 1 aromatic heterocycles. The molecule has 0 aliphatic carbocycles. The Hall–Kier alpha value is -5.35. The molecule has 1 atom stereocenters. The Morgan fingerprint density at radius 1 is 0.818 bits per heavy atom. The monoisotopic (exact) mass is 573 g/mol. The topological polar surface area (TPSA) is 49.5 Å². The van der Waals surface area contributed by atoms with Crippen LogP contribution >= 0.6 is 0 Å². The second kappa shape index (κ2) is 11.1. The van der Waals surface area contributed by atoms with Crippen molar-refractivity contribution in [3.63, 3.8) is 0 Å². The summed E-state index contributed by atoms with van der Waals surface area (Å²) in [4.78, 5) is 5.44. The molecule has 0 amide bonds. The molecule has 44 heavy (non-hydrogen) atoms. The van der Waals surface area contributed by atoms with E-state index < -0.39 is 6.29 Å². The summed E-state index contributed by atoms with van der Waals surface area (Å²) in [5.74, 6) is 0.512. The van der Waals surface area contributed by atoms with Crippen LogP contribution in [0.1, 0.15) is 48.9 Å². The first-order valence-electron chi connectivity index (χ1n) is 15.1. The number of benzene rings is 5. The third-order valence-electron chi connectivity index (χ3n) is 8.42. The standard InChI is InChI=1S/C40H35N3O/c1-25(2)15-14-16-26(3)35-33-23-12-13-24-34(33)43(39(35)27(4)44)40-41-37(28-17-6-5-7-18-28)36-31-21-10-8-19-29(31)30-20-9-11-22-32(30)38(36)42-40/h5-14,16-25,40,42,44H,3-4,15H2,1-2H3/b16-14-. The lowest BCUT2D eigenvalue weighted by Gasteiger charge is -2.31. The van der Waals surface area contributed by atoms with Crippen molar-refractivity contribution in [1.29, 1.82) is 0 Å². The van der Waals surface area contributed by atoms with Crippen molar-refractivity contribution >= 4 is 55.2 Å². The molecule has 0 saturated heterocycles. The van der Waals surface area contributed by atoms with Gasteiger partial charge in [0.2, 0.25) is 6.29 Å². The van der Waals surface area contributed by atoms with Gasteiger partial charge in [-0.2, -0.15) is 0 Å². The summed E-state index contributed by atoms with van der Waals surface area (Å²) in [7, 11) is 0. The van der Waals surface area contributed by atoms with Gasteiger partial charge in [0.05, 0.1) is 22.6 Å². The first-order chi connectivity index (χ1) is 21.4. The van der Waals surface area contributed by atoms with Crippen LogP contribution in [-0.4, -0.2) is 15.4 Å². The van der Waals surface area contributed by atoms with Gasteiger partial charge in [-0.15, -0.1) is 0 Å². The first-order valence-corrected chi connectivity index (χ1v) is 15.1. The first kappa shape index (κ1) is 27.5. The molecule has 0 saturated carbocycles. The van der Waals surface area contributed by atoms with Crippen LogP contribution in [0.15, 0.2) is 133 Å². The van der Waals surface area contributed by atoms with E-state index in [1.54, 1.807) is 0 Å². The van der Waals surface area contributed by atoms with E-state index >= 15 is 0 Å². The van der Waals surface area contributed by atoms with Crippen LogP contribution in [-0.2, 0) is 0 Å². The highest BCUT2D eigenvalue weighted by Gasteiger charge is 2.31. The Bertz CT molecular complexity index is 2150. The van der Waals surface area contributed by atoms with Gasteiger partial charge in [-0.25, -0.2) is 4.99 Å². The number of para-hydroxylation sites is 1. The summed E-state index contributed by atoms with van der Waals surface area (Å²) >= 11 is 0. The molecule has 4 nitrogen and oxygen atoms in total. The third-order valence-corrected chi connectivity index (χ3v) is 8.42. The van der Waals surface area contributed by atoms with Gasteiger partial charge in [-0.05, 0) is 40.1 Å². The van der Waals surface area contributed by atoms with Gasteiger partial charge in [0, 0.05) is 27.5 Å². The van der Waals surface area contributed by atoms with Crippen molar-refractivity contribution < 1.29 is 5.11 Å². The average Bonchev–Trinajstić information content (AvgIpc) is 3.40. The summed E-state index contributed by atoms with van der Waals surface area (Å²) in [6.07, 6.45) is 4.59. The molecule has 0 bridgehead atoms. The zero-order valence-corrected chi connectivity index (χ0v) is 25.1. The minimum atomic E-state index is -0.563. The van der Waals surface area contributed by atoms with Crippen molar-refractivity contribution in [2.24, 2.45) is 10.9 Å². The van der Waals surface area contributed by atoms with E-state index in [1.165, 1.54) is 10.8 Å². The number of aliphatic imine (C=N–C) groups is 1. The molecular formula is C40H35N3O. The van der Waals surface area contributed by atoms with Gasteiger partial charge in [0.15, 0.2) is 0 Å². The number of fused-ring (bicyclic) bond motifs is 7.